The number of amides is 1. The third kappa shape index (κ3) is 5.49. The molecule has 26 heavy (non-hydrogen) atoms. The normalized spacial score (nSPS) is 14.4. The van der Waals surface area contributed by atoms with Crippen LogP contribution < -0.4 is 5.32 Å². The average Bonchev–Trinajstić information content (AvgIpc) is 2.66. The monoisotopic (exact) mass is 349 g/mol. The molecule has 2 heteroatoms. The van der Waals surface area contributed by atoms with Gasteiger partial charge in [-0.1, -0.05) is 56.2 Å². The van der Waals surface area contributed by atoms with Gasteiger partial charge in [0.25, 0.3) is 0 Å². The van der Waals surface area contributed by atoms with Gasteiger partial charge < -0.3 is 5.32 Å². The average molecular weight is 350 g/mol. The molecule has 0 aliphatic heterocycles. The van der Waals surface area contributed by atoms with Crippen LogP contribution in [0.25, 0.3) is 17.2 Å². The van der Waals surface area contributed by atoms with Gasteiger partial charge in [-0.2, -0.15) is 0 Å². The fourth-order valence-electron chi connectivity index (χ4n) is 3.08. The summed E-state index contributed by atoms with van der Waals surface area (Å²) in [6, 6.07) is 4.49. The van der Waals surface area contributed by atoms with E-state index in [-0.39, 0.29) is 5.91 Å². The van der Waals surface area contributed by atoms with E-state index in [4.69, 9.17) is 0 Å². The van der Waals surface area contributed by atoms with E-state index in [1.807, 2.05) is 13.8 Å². The molecule has 0 aromatic heterocycles. The highest BCUT2D eigenvalue weighted by atomic mass is 16.1. The van der Waals surface area contributed by atoms with Gasteiger partial charge in [0.15, 0.2) is 0 Å². The van der Waals surface area contributed by atoms with Gasteiger partial charge in [-0.05, 0) is 67.0 Å². The van der Waals surface area contributed by atoms with Crippen LogP contribution in [0.2, 0.25) is 0 Å². The Bertz CT molecular complexity index is 782. The Morgan fingerprint density at radius 3 is 2.58 bits per heavy atom. The molecule has 138 valence electrons. The Morgan fingerprint density at radius 1 is 1.23 bits per heavy atom. The summed E-state index contributed by atoms with van der Waals surface area (Å²) in [5.41, 5.74) is 8.77. The van der Waals surface area contributed by atoms with Crippen molar-refractivity contribution in [3.63, 3.8) is 0 Å². The molecule has 0 unspecified atom stereocenters. The molecule has 2 aliphatic carbocycles. The minimum absolute atomic E-state index is 0.0345. The van der Waals surface area contributed by atoms with Crippen LogP contribution in [0, 0.1) is 18.8 Å². The van der Waals surface area contributed by atoms with E-state index in [2.05, 4.69) is 67.4 Å². The van der Waals surface area contributed by atoms with Crippen molar-refractivity contribution in [2.24, 2.45) is 0 Å². The lowest BCUT2D eigenvalue weighted by atomic mass is 9.78. The molecule has 0 spiro atoms. The molecule has 0 bridgehead atoms. The van der Waals surface area contributed by atoms with Crippen molar-refractivity contribution in [1.82, 2.24) is 5.32 Å². The second kappa shape index (κ2) is 11.2. The van der Waals surface area contributed by atoms with E-state index in [9.17, 15) is 4.79 Å². The van der Waals surface area contributed by atoms with Gasteiger partial charge in [0, 0.05) is 6.92 Å². The van der Waals surface area contributed by atoms with Crippen molar-refractivity contribution in [2.45, 2.75) is 54.4 Å². The van der Waals surface area contributed by atoms with E-state index in [1.54, 1.807) is 6.92 Å². The first kappa shape index (κ1) is 21.5. The molecule has 0 atom stereocenters. The fraction of sp³-hybridized carbons (Fsp3) is 0.375. The quantitative estimate of drug-likeness (QED) is 0.640. The smallest absolute Gasteiger partial charge is 0.217 e. The van der Waals surface area contributed by atoms with E-state index in [0.717, 1.165) is 12.8 Å². The molecule has 1 N–H and O–H groups in total. The molecule has 3 rings (SSSR count). The second-order valence-electron chi connectivity index (χ2n) is 5.91. The van der Waals surface area contributed by atoms with Crippen LogP contribution in [0.4, 0.5) is 0 Å². The lowest BCUT2D eigenvalue weighted by Crippen LogP contribution is -2.19. The van der Waals surface area contributed by atoms with Gasteiger partial charge >= 0.3 is 0 Å². The number of hydrogen-bond donors (Lipinski definition) is 1. The van der Waals surface area contributed by atoms with Crippen molar-refractivity contribution >= 4 is 23.1 Å². The number of hydrogen-bond acceptors (Lipinski definition) is 1. The SMILES string of the molecule is C/C=C1/CC=C2CC=Cc3ccc(C)c1c32.CC.CC#CCNC(C)=O. The third-order valence-corrected chi connectivity index (χ3v) is 4.24. The number of nitrogens with one attached hydrogen (secondary N) is 1. The van der Waals surface area contributed by atoms with Crippen molar-refractivity contribution in [3.8, 4) is 11.8 Å². The molecule has 2 aliphatic rings. The van der Waals surface area contributed by atoms with Crippen molar-refractivity contribution in [2.75, 3.05) is 6.54 Å². The van der Waals surface area contributed by atoms with Crippen LogP contribution >= 0.6 is 0 Å². The van der Waals surface area contributed by atoms with Crippen molar-refractivity contribution < 1.29 is 4.79 Å². The first-order valence-corrected chi connectivity index (χ1v) is 9.37. The summed E-state index contributed by atoms with van der Waals surface area (Å²) in [5.74, 6) is 5.32. The largest absolute Gasteiger partial charge is 0.345 e. The lowest BCUT2D eigenvalue weighted by Gasteiger charge is -2.26. The lowest BCUT2D eigenvalue weighted by molar-refractivity contribution is -0.118. The van der Waals surface area contributed by atoms with Gasteiger partial charge in [-0.25, -0.2) is 0 Å². The maximum absolute atomic E-state index is 10.1. The highest BCUT2D eigenvalue weighted by molar-refractivity contribution is 5.92. The Hall–Kier alpha value is -2.53. The van der Waals surface area contributed by atoms with Crippen LogP contribution in [-0.2, 0) is 4.79 Å². The zero-order chi connectivity index (χ0) is 19.5. The van der Waals surface area contributed by atoms with Gasteiger partial charge in [-0.15, -0.1) is 5.92 Å². The molecule has 0 heterocycles. The summed E-state index contributed by atoms with van der Waals surface area (Å²) in [6.45, 7) is 12.0. The molecule has 0 radical (unpaired) electrons. The van der Waals surface area contributed by atoms with E-state index < -0.39 is 0 Å². The highest BCUT2D eigenvalue weighted by Crippen LogP contribution is 2.41. The standard InChI is InChI=1S/C16H16.C6H9NO.C2H6/c1-3-12-9-10-14-6-4-5-13-8-7-11(2)15(12)16(13)14;1-3-4-5-7-6(2)8;1-2/h3-5,7-8,10H,6,9H2,1-2H3;5H2,1-2H3,(H,7,8);1-2H3/b12-3-;;. The van der Waals surface area contributed by atoms with Gasteiger partial charge in [0.05, 0.1) is 6.54 Å². The van der Waals surface area contributed by atoms with E-state index in [1.165, 1.54) is 40.3 Å². The maximum Gasteiger partial charge on any atom is 0.217 e. The fourth-order valence-corrected chi connectivity index (χ4v) is 3.08. The second-order valence-corrected chi connectivity index (χ2v) is 5.91. The molecule has 0 fully saturated rings. The Labute approximate surface area is 159 Å². The Morgan fingerprint density at radius 2 is 1.96 bits per heavy atom. The highest BCUT2D eigenvalue weighted by Gasteiger charge is 2.21. The first-order chi connectivity index (χ1) is 12.6. The molecular weight excluding hydrogens is 318 g/mol. The first-order valence-electron chi connectivity index (χ1n) is 9.37. The molecule has 1 aromatic carbocycles. The van der Waals surface area contributed by atoms with Crippen LogP contribution in [0.3, 0.4) is 0 Å². The number of carbonyl (C=O) groups is 1. The zero-order valence-corrected chi connectivity index (χ0v) is 17.0. The molecule has 0 saturated heterocycles. The van der Waals surface area contributed by atoms with Gasteiger partial charge in [0.1, 0.15) is 0 Å². The van der Waals surface area contributed by atoms with E-state index >= 15 is 0 Å². The number of aryl methyl sites for hydroxylation is 1. The number of carbonyl (C=O) groups excluding carboxylic acids is 1. The summed E-state index contributed by atoms with van der Waals surface area (Å²) < 4.78 is 0. The summed E-state index contributed by atoms with van der Waals surface area (Å²) in [5, 5.41) is 2.53. The molecule has 1 aromatic rings. The summed E-state index contributed by atoms with van der Waals surface area (Å²) in [6.07, 6.45) is 11.4. The number of allylic oxidation sites excluding steroid dienone is 5. The molecular formula is C24H31NO. The maximum atomic E-state index is 10.1. The zero-order valence-electron chi connectivity index (χ0n) is 17.0. The Kier molecular flexibility index (Phi) is 9.23. The summed E-state index contributed by atoms with van der Waals surface area (Å²) in [7, 11) is 0. The van der Waals surface area contributed by atoms with Crippen LogP contribution in [0.1, 0.15) is 69.7 Å². The Balaban J connectivity index is 0.000000290. The molecule has 1 amide bonds. The van der Waals surface area contributed by atoms with Crippen LogP contribution in [-0.4, -0.2) is 12.5 Å². The third-order valence-electron chi connectivity index (χ3n) is 4.24. The minimum Gasteiger partial charge on any atom is -0.345 e. The summed E-state index contributed by atoms with van der Waals surface area (Å²) in [4.78, 5) is 10.1. The van der Waals surface area contributed by atoms with Crippen LogP contribution in [0.5, 0.6) is 0 Å². The van der Waals surface area contributed by atoms with Gasteiger partial charge in [0.2, 0.25) is 5.91 Å². The summed E-state index contributed by atoms with van der Waals surface area (Å²) >= 11 is 0. The predicted octanol–water partition coefficient (Wildman–Crippen LogP) is 5.77. The predicted molar refractivity (Wildman–Crippen MR) is 115 cm³/mol. The molecule has 0 saturated carbocycles. The van der Waals surface area contributed by atoms with Crippen molar-refractivity contribution in [1.29, 1.82) is 0 Å². The number of rotatable bonds is 1. The van der Waals surface area contributed by atoms with Crippen molar-refractivity contribution in [3.05, 3.63) is 52.6 Å². The minimum atomic E-state index is -0.0345. The van der Waals surface area contributed by atoms with Gasteiger partial charge in [-0.3, -0.25) is 4.79 Å². The topological polar surface area (TPSA) is 29.1 Å². The van der Waals surface area contributed by atoms with E-state index in [0.29, 0.717) is 6.54 Å². The number of benzene rings is 1. The van der Waals surface area contributed by atoms with Crippen LogP contribution in [0.15, 0.2) is 30.4 Å². The molecule has 2 nitrogen and oxygen atoms in total.